The van der Waals surface area contributed by atoms with Crippen molar-refractivity contribution in [3.05, 3.63) is 0 Å². The molecule has 16 nitrogen and oxygen atoms in total. The summed E-state index contributed by atoms with van der Waals surface area (Å²) in [6, 6.07) is -1.18. The van der Waals surface area contributed by atoms with Gasteiger partial charge in [-0.3, -0.25) is 43.3 Å². The maximum Gasteiger partial charge on any atom is 0.234 e. The second-order valence-corrected chi connectivity index (χ2v) is 12.9. The molecule has 0 aliphatic carbocycles. The van der Waals surface area contributed by atoms with Gasteiger partial charge in [0, 0.05) is 44.3 Å². The molecule has 7 amide bonds. The van der Waals surface area contributed by atoms with Crippen molar-refractivity contribution >= 4 is 71.1 Å². The Kier molecular flexibility index (Phi) is 24.8. The summed E-state index contributed by atoms with van der Waals surface area (Å²) < 4.78 is 0. The van der Waals surface area contributed by atoms with Crippen molar-refractivity contribution in [2.45, 2.75) is 104 Å². The number of nitrogens with zero attached hydrogens (tertiary/aromatic N) is 1. The first-order chi connectivity index (χ1) is 23.6. The molecule has 0 saturated heterocycles. The number of nitrogens with one attached hydrogen (secondary N) is 7. The molecular formula is C31H53B3N8O8. The van der Waals surface area contributed by atoms with E-state index in [9.17, 15) is 38.4 Å². The number of hydrogen-bond acceptors (Lipinski definition) is 9. The lowest BCUT2D eigenvalue weighted by Crippen LogP contribution is -2.48. The van der Waals surface area contributed by atoms with Crippen molar-refractivity contribution in [2.75, 3.05) is 39.3 Å². The predicted molar refractivity (Wildman–Crippen MR) is 189 cm³/mol. The number of carbonyl (C=O) groups excluding carboxylic acids is 8. The van der Waals surface area contributed by atoms with E-state index >= 15 is 0 Å². The normalized spacial score (nSPS) is 11.5. The van der Waals surface area contributed by atoms with Gasteiger partial charge in [0.15, 0.2) is 0 Å². The average molecular weight is 698 g/mol. The van der Waals surface area contributed by atoms with Crippen LogP contribution in [0.5, 0.6) is 0 Å². The summed E-state index contributed by atoms with van der Waals surface area (Å²) in [6.45, 7) is 6.04. The van der Waals surface area contributed by atoms with Crippen molar-refractivity contribution in [1.29, 1.82) is 0 Å². The molecule has 0 bridgehead atoms. The second-order valence-electron chi connectivity index (χ2n) is 12.9. The fraction of sp³-hybridized carbons (Fsp3) is 0.742. The summed E-state index contributed by atoms with van der Waals surface area (Å²) >= 11 is 0. The van der Waals surface area contributed by atoms with Gasteiger partial charge in [-0.15, -0.1) is 0 Å². The van der Waals surface area contributed by atoms with Crippen molar-refractivity contribution in [1.82, 2.24) is 41.9 Å². The number of hydrogen-bond donors (Lipinski definition) is 7. The van der Waals surface area contributed by atoms with Crippen LogP contribution in [0.4, 0.5) is 0 Å². The molecule has 0 unspecified atom stereocenters. The van der Waals surface area contributed by atoms with E-state index in [-0.39, 0.29) is 74.4 Å². The molecule has 0 fully saturated rings. The summed E-state index contributed by atoms with van der Waals surface area (Å²) in [6.07, 6.45) is 5.18. The van der Waals surface area contributed by atoms with E-state index in [1.165, 1.54) is 4.90 Å². The van der Waals surface area contributed by atoms with Gasteiger partial charge in [0.05, 0.1) is 26.1 Å². The quantitative estimate of drug-likeness (QED) is 0.0373. The average Bonchev–Trinajstić information content (AvgIpc) is 3.05. The van der Waals surface area contributed by atoms with Gasteiger partial charge in [-0.05, 0) is 38.5 Å². The minimum Gasteiger partial charge on any atom is -0.409 e. The largest absolute Gasteiger partial charge is 0.409 e. The predicted octanol–water partition coefficient (Wildman–Crippen LogP) is -1.98. The molecule has 0 aliphatic rings. The third kappa shape index (κ3) is 24.3. The molecule has 7 N–H and O–H groups in total. The molecule has 0 rings (SSSR count). The van der Waals surface area contributed by atoms with Crippen LogP contribution in [0.25, 0.3) is 0 Å². The smallest absolute Gasteiger partial charge is 0.234 e. The van der Waals surface area contributed by atoms with E-state index in [1.54, 1.807) is 0 Å². The summed E-state index contributed by atoms with van der Waals surface area (Å²) in [5.74, 6) is -3.10. The molecule has 0 aliphatic heterocycles. The van der Waals surface area contributed by atoms with Crippen LogP contribution in [0.1, 0.15) is 97.8 Å². The van der Waals surface area contributed by atoms with Crippen LogP contribution in [0.15, 0.2) is 0 Å². The van der Waals surface area contributed by atoms with Crippen molar-refractivity contribution in [3.8, 4) is 0 Å². The van der Waals surface area contributed by atoms with Crippen molar-refractivity contribution < 1.29 is 38.4 Å². The molecule has 274 valence electrons. The Morgan fingerprint density at radius 1 is 0.520 bits per heavy atom. The molecule has 6 radical (unpaired) electrons. The highest BCUT2D eigenvalue weighted by Crippen LogP contribution is 2.18. The first kappa shape index (κ1) is 46.1. The second kappa shape index (κ2) is 26.9. The number of carbonyl (C=O) groups is 8. The van der Waals surface area contributed by atoms with Crippen LogP contribution >= 0.6 is 0 Å². The Morgan fingerprint density at radius 2 is 0.940 bits per heavy atom. The Morgan fingerprint density at radius 3 is 1.38 bits per heavy atom. The van der Waals surface area contributed by atoms with Gasteiger partial charge in [-0.1, -0.05) is 33.6 Å². The lowest BCUT2D eigenvalue weighted by molar-refractivity contribution is -0.130. The summed E-state index contributed by atoms with van der Waals surface area (Å²) in [4.78, 5) is 98.2. The van der Waals surface area contributed by atoms with Gasteiger partial charge < -0.3 is 37.0 Å². The first-order valence-electron chi connectivity index (χ1n) is 17.0. The third-order valence-electron chi connectivity index (χ3n) is 7.40. The lowest BCUT2D eigenvalue weighted by atomic mass is 9.88. The number of rotatable bonds is 27. The van der Waals surface area contributed by atoms with Gasteiger partial charge in [0.1, 0.15) is 11.8 Å². The van der Waals surface area contributed by atoms with E-state index in [0.29, 0.717) is 58.0 Å². The Balaban J connectivity index is 4.74. The van der Waals surface area contributed by atoms with Crippen LogP contribution in [0, 0.1) is 5.41 Å². The fourth-order valence-electron chi connectivity index (χ4n) is 4.48. The van der Waals surface area contributed by atoms with E-state index in [4.69, 9.17) is 23.9 Å². The molecule has 0 aromatic carbocycles. The summed E-state index contributed by atoms with van der Waals surface area (Å²) in [5.41, 5.74) is -0.376. The van der Waals surface area contributed by atoms with Crippen molar-refractivity contribution in [3.63, 3.8) is 0 Å². The van der Waals surface area contributed by atoms with Crippen LogP contribution < -0.4 is 37.0 Å². The van der Waals surface area contributed by atoms with E-state index in [2.05, 4.69) is 21.3 Å². The fourth-order valence-corrected chi connectivity index (χ4v) is 4.48. The topological polar surface area (TPSA) is 224 Å². The number of Topliss-reactive ketones (excluding diaryl/α,β-unsaturated/α-hetero) is 1. The highest BCUT2D eigenvalue weighted by atomic mass is 16.2. The van der Waals surface area contributed by atoms with E-state index in [0.717, 1.165) is 12.8 Å². The molecule has 19 heteroatoms. The van der Waals surface area contributed by atoms with Crippen LogP contribution in [0.2, 0.25) is 0 Å². The maximum absolute atomic E-state index is 12.7. The van der Waals surface area contributed by atoms with Crippen molar-refractivity contribution in [2.24, 2.45) is 5.41 Å². The molecule has 0 aromatic rings. The summed E-state index contributed by atoms with van der Waals surface area (Å²) in [7, 11) is 15.2. The first-order valence-corrected chi connectivity index (χ1v) is 17.0. The SMILES string of the molecule is [B]NC(=O)CCCCNC(=O)CN(CC(=O)NCCCCCC(=O)N[C@@H](CC(=O)N[B])C(=O)N[B])CC(=O)NCCCCCC(=O)C(C)(C)C. The number of ketones is 1. The van der Waals surface area contributed by atoms with Gasteiger partial charge >= 0.3 is 0 Å². The van der Waals surface area contributed by atoms with Crippen LogP contribution in [-0.2, 0) is 38.4 Å². The van der Waals surface area contributed by atoms with E-state index < -0.39 is 29.7 Å². The zero-order valence-electron chi connectivity index (χ0n) is 29.8. The zero-order chi connectivity index (χ0) is 38.0. The maximum atomic E-state index is 12.7. The van der Waals surface area contributed by atoms with Gasteiger partial charge in [0.2, 0.25) is 65.3 Å². The Bertz CT molecular complexity index is 1120. The number of unbranched alkanes of at least 4 members (excludes halogenated alkanes) is 5. The minimum atomic E-state index is -1.18. The van der Waals surface area contributed by atoms with E-state index in [1.807, 2.05) is 36.5 Å². The monoisotopic (exact) mass is 698 g/mol. The molecule has 0 spiro atoms. The minimum absolute atomic E-state index is 0.0692. The molecule has 0 heterocycles. The highest BCUT2D eigenvalue weighted by molar-refractivity contribution is 6.17. The zero-order valence-corrected chi connectivity index (χ0v) is 29.8. The molecule has 0 aromatic heterocycles. The van der Waals surface area contributed by atoms with Gasteiger partial charge in [-0.2, -0.15) is 0 Å². The van der Waals surface area contributed by atoms with Crippen LogP contribution in [-0.4, -0.2) is 121 Å². The third-order valence-corrected chi connectivity index (χ3v) is 7.40. The highest BCUT2D eigenvalue weighted by Gasteiger charge is 2.22. The Hall–Kier alpha value is -3.89. The molecule has 1 atom stereocenters. The number of amides is 7. The lowest BCUT2D eigenvalue weighted by Gasteiger charge is -2.21. The van der Waals surface area contributed by atoms with Crippen LogP contribution in [0.3, 0.4) is 0 Å². The molecule has 50 heavy (non-hydrogen) atoms. The molecular weight excluding hydrogens is 645 g/mol. The Labute approximate surface area is 299 Å². The standard InChI is InChI=1S/C31H53B3N8O8/c1-31(2,3)23(43)12-6-4-9-15-35-27(47)19-42(21-29(49)37-17-11-8-14-25(45)39-32)20-28(48)36-16-10-5-7-13-24(44)38-22(30(50)41-34)18-26(46)40-33/h22H,4-21H2,1-3H3,(H,35,47)(H,36,48)(H,37,49)(H,38,44)(H,39,45)(H,40,46)(H,41,50)/t22-/m0/s1. The van der Waals surface area contributed by atoms with Gasteiger partial charge in [0.25, 0.3) is 0 Å². The van der Waals surface area contributed by atoms with Gasteiger partial charge in [-0.25, -0.2) is 0 Å². The summed E-state index contributed by atoms with van der Waals surface area (Å²) in [5, 5.41) is 16.5. The molecule has 0 saturated carbocycles.